The van der Waals surface area contributed by atoms with Gasteiger partial charge < -0.3 is 15.2 Å². The highest BCUT2D eigenvalue weighted by Crippen LogP contribution is 2.31. The van der Waals surface area contributed by atoms with Gasteiger partial charge in [0.2, 0.25) is 11.8 Å². The fraction of sp³-hybridized carbons (Fsp3) is 0.462. The molecular formula is C26H34N4O3S. The Labute approximate surface area is 205 Å². The van der Waals surface area contributed by atoms with Crippen LogP contribution in [0.5, 0.6) is 0 Å². The molecule has 1 saturated heterocycles. The molecule has 2 aromatic rings. The Kier molecular flexibility index (Phi) is 9.78. The maximum absolute atomic E-state index is 12.4. The molecule has 0 saturated carbocycles. The number of piperidine rings is 1. The maximum atomic E-state index is 12.4. The molecule has 182 valence electrons. The lowest BCUT2D eigenvalue weighted by atomic mass is 9.96. The fourth-order valence-electron chi connectivity index (χ4n) is 4.55. The molecule has 0 radical (unpaired) electrons. The molecule has 2 unspecified atom stereocenters. The van der Waals surface area contributed by atoms with Gasteiger partial charge in [-0.15, -0.1) is 10.7 Å². The van der Waals surface area contributed by atoms with E-state index < -0.39 is 11.4 Å². The van der Waals surface area contributed by atoms with Crippen LogP contribution < -0.4 is 10.6 Å². The third kappa shape index (κ3) is 6.97. The molecule has 0 spiro atoms. The van der Waals surface area contributed by atoms with Gasteiger partial charge in [0.05, 0.1) is 12.6 Å². The van der Waals surface area contributed by atoms with E-state index in [9.17, 15) is 14.1 Å². The highest BCUT2D eigenvalue weighted by Gasteiger charge is 2.33. The van der Waals surface area contributed by atoms with Gasteiger partial charge in [0.1, 0.15) is 12.8 Å². The zero-order valence-electron chi connectivity index (χ0n) is 20.0. The smallest absolute Gasteiger partial charge is 0.238 e. The van der Waals surface area contributed by atoms with Crippen molar-refractivity contribution in [2.24, 2.45) is 0 Å². The van der Waals surface area contributed by atoms with Crippen molar-refractivity contribution in [3.8, 4) is 12.3 Å². The first-order chi connectivity index (χ1) is 16.4. The van der Waals surface area contributed by atoms with E-state index in [-0.39, 0.29) is 50.0 Å². The molecule has 0 aromatic heterocycles. The van der Waals surface area contributed by atoms with Crippen molar-refractivity contribution in [3.63, 3.8) is 0 Å². The van der Waals surface area contributed by atoms with Crippen molar-refractivity contribution < 1.29 is 14.1 Å². The van der Waals surface area contributed by atoms with Crippen LogP contribution in [-0.2, 0) is 21.0 Å². The van der Waals surface area contributed by atoms with E-state index in [2.05, 4.69) is 70.8 Å². The summed E-state index contributed by atoms with van der Waals surface area (Å²) in [5, 5.41) is 7.83. The Morgan fingerprint density at radius 3 is 2.59 bits per heavy atom. The molecule has 34 heavy (non-hydrogen) atoms. The van der Waals surface area contributed by atoms with E-state index in [4.69, 9.17) is 6.42 Å². The molecular weight excluding hydrogens is 448 g/mol. The first-order valence-electron chi connectivity index (χ1n) is 11.7. The third-order valence-corrected chi connectivity index (χ3v) is 7.51. The summed E-state index contributed by atoms with van der Waals surface area (Å²) in [6.07, 6.45) is 8.58. The third-order valence-electron chi connectivity index (χ3n) is 6.42. The average Bonchev–Trinajstić information content (AvgIpc) is 2.85. The van der Waals surface area contributed by atoms with Gasteiger partial charge in [0.25, 0.3) is 0 Å². The van der Waals surface area contributed by atoms with Crippen LogP contribution in [-0.4, -0.2) is 70.6 Å². The van der Waals surface area contributed by atoms with Gasteiger partial charge in [-0.05, 0) is 36.1 Å². The summed E-state index contributed by atoms with van der Waals surface area (Å²) in [6.45, 7) is 4.44. The van der Waals surface area contributed by atoms with Crippen LogP contribution in [0.25, 0.3) is 10.8 Å². The molecule has 1 aliphatic rings. The number of nitrogens with zero attached hydrogens (tertiary/aromatic N) is 2. The lowest BCUT2D eigenvalue weighted by Crippen LogP contribution is -2.50. The Balaban J connectivity index is 1.52. The normalized spacial score (nSPS) is 16.7. The van der Waals surface area contributed by atoms with E-state index in [1.165, 1.54) is 16.3 Å². The van der Waals surface area contributed by atoms with Crippen LogP contribution >= 0.6 is 0 Å². The number of carbonyl (C=O) groups excluding carboxylic acids is 2. The summed E-state index contributed by atoms with van der Waals surface area (Å²) in [5.74, 6) is 1.90. The molecule has 0 bridgehead atoms. The molecule has 2 N–H and O–H groups in total. The quantitative estimate of drug-likeness (QED) is 0.401. The van der Waals surface area contributed by atoms with Gasteiger partial charge in [-0.25, -0.2) is 0 Å². The number of terminal acetylenes is 1. The van der Waals surface area contributed by atoms with Crippen molar-refractivity contribution >= 4 is 33.9 Å². The van der Waals surface area contributed by atoms with E-state index in [1.54, 1.807) is 10.6 Å². The number of carbonyl (C=O) groups is 2. The molecule has 2 aromatic carbocycles. The van der Waals surface area contributed by atoms with Crippen molar-refractivity contribution in [2.75, 3.05) is 39.0 Å². The van der Waals surface area contributed by atoms with Crippen LogP contribution in [0.1, 0.15) is 37.8 Å². The summed E-state index contributed by atoms with van der Waals surface area (Å²) < 4.78 is 14.2. The lowest BCUT2D eigenvalue weighted by molar-refractivity contribution is -0.122. The van der Waals surface area contributed by atoms with Gasteiger partial charge in [-0.3, -0.25) is 14.5 Å². The number of fused-ring (bicyclic) bond motifs is 1. The number of likely N-dealkylation sites (tertiary alicyclic amines) is 1. The van der Waals surface area contributed by atoms with Crippen molar-refractivity contribution in [2.45, 2.75) is 38.3 Å². The van der Waals surface area contributed by atoms with E-state index >= 15 is 0 Å². The van der Waals surface area contributed by atoms with Crippen molar-refractivity contribution in [1.29, 1.82) is 0 Å². The molecule has 1 fully saturated rings. The second kappa shape index (κ2) is 12.8. The Morgan fingerprint density at radius 2 is 1.88 bits per heavy atom. The summed E-state index contributed by atoms with van der Waals surface area (Å²) in [6, 6.07) is 15.3. The summed E-state index contributed by atoms with van der Waals surface area (Å²) in [5.41, 5.74) is 1.32. The largest absolute Gasteiger partial charge is 0.598 e. The number of hydrogen-bond acceptors (Lipinski definition) is 5. The first-order valence-corrected chi connectivity index (χ1v) is 13.2. The number of hydrogen-bond donors (Lipinski definition) is 2. The fourth-order valence-corrected chi connectivity index (χ4v) is 5.48. The number of benzene rings is 2. The zero-order valence-corrected chi connectivity index (χ0v) is 20.8. The summed E-state index contributed by atoms with van der Waals surface area (Å²) in [7, 11) is 0. The minimum absolute atomic E-state index is 0.0542. The molecule has 8 heteroatoms. The van der Waals surface area contributed by atoms with Gasteiger partial charge in [0, 0.05) is 43.5 Å². The Bertz CT molecular complexity index is 1010. The first kappa shape index (κ1) is 26.0. The summed E-state index contributed by atoms with van der Waals surface area (Å²) in [4.78, 5) is 26.5. The second-order valence-corrected chi connectivity index (χ2v) is 9.91. The Hall–Kier alpha value is -2.57. The van der Waals surface area contributed by atoms with Crippen LogP contribution in [0.2, 0.25) is 0 Å². The molecule has 2 atom stereocenters. The topological polar surface area (TPSA) is 87.7 Å². The maximum Gasteiger partial charge on any atom is 0.238 e. The number of amides is 2. The minimum Gasteiger partial charge on any atom is -0.598 e. The second-order valence-electron chi connectivity index (χ2n) is 8.59. The molecule has 2 amide bonds. The van der Waals surface area contributed by atoms with Gasteiger partial charge >= 0.3 is 0 Å². The number of nitrogens with one attached hydrogen (secondary N) is 2. The van der Waals surface area contributed by atoms with E-state index in [0.29, 0.717) is 0 Å². The Morgan fingerprint density at radius 1 is 1.18 bits per heavy atom. The molecule has 3 rings (SSSR count). The molecule has 7 nitrogen and oxygen atoms in total. The van der Waals surface area contributed by atoms with Gasteiger partial charge in [-0.2, -0.15) is 0 Å². The van der Waals surface area contributed by atoms with E-state index in [1.807, 2.05) is 0 Å². The standard InChI is InChI=1S/C26H34N4O3S/c1-4-15-27-25(31)12-16-28-26(32)19-30(34(3)33)22-13-17-29(18-14-22)20(2)23-11-7-9-21-8-5-6-10-24(21)23/h1,5-11,20,22H,12-19H2,2-3H3,(H,27,31)(H,28,32). The number of rotatable bonds is 10. The SMILES string of the molecule is C#CCNC(=O)CCNC(=O)CN(C1CCN(C(C)c2cccc3ccccc23)CC1)[S+](C)[O-]. The van der Waals surface area contributed by atoms with Gasteiger partial charge in [0.15, 0.2) is 0 Å². The summed E-state index contributed by atoms with van der Waals surface area (Å²) >= 11 is -1.26. The minimum atomic E-state index is -1.26. The molecule has 1 aliphatic heterocycles. The van der Waals surface area contributed by atoms with Crippen molar-refractivity contribution in [3.05, 3.63) is 48.0 Å². The van der Waals surface area contributed by atoms with Gasteiger partial charge in [-0.1, -0.05) is 48.4 Å². The van der Waals surface area contributed by atoms with Crippen LogP contribution in [0.15, 0.2) is 42.5 Å². The molecule has 0 aliphatic carbocycles. The van der Waals surface area contributed by atoms with Crippen LogP contribution in [0.3, 0.4) is 0 Å². The highest BCUT2D eigenvalue weighted by molar-refractivity contribution is 7.88. The zero-order chi connectivity index (χ0) is 24.5. The van der Waals surface area contributed by atoms with Crippen molar-refractivity contribution in [1.82, 2.24) is 19.8 Å². The highest BCUT2D eigenvalue weighted by atomic mass is 32.2. The predicted octanol–water partition coefficient (Wildman–Crippen LogP) is 2.22. The lowest BCUT2D eigenvalue weighted by Gasteiger charge is -2.39. The predicted molar refractivity (Wildman–Crippen MR) is 137 cm³/mol. The van der Waals surface area contributed by atoms with E-state index in [0.717, 1.165) is 25.9 Å². The van der Waals surface area contributed by atoms with Crippen LogP contribution in [0, 0.1) is 12.3 Å². The monoisotopic (exact) mass is 482 g/mol. The van der Waals surface area contributed by atoms with Crippen LogP contribution in [0.4, 0.5) is 0 Å². The average molecular weight is 483 g/mol. The molecule has 1 heterocycles.